The second-order valence-corrected chi connectivity index (χ2v) is 7.75. The molecule has 0 radical (unpaired) electrons. The molecule has 2 aromatic rings. The fourth-order valence-electron chi connectivity index (χ4n) is 2.59. The highest BCUT2D eigenvalue weighted by atomic mass is 35.5. The van der Waals surface area contributed by atoms with Gasteiger partial charge in [0, 0.05) is 16.3 Å². The minimum atomic E-state index is -0.331. The van der Waals surface area contributed by atoms with Crippen LogP contribution in [0.1, 0.15) is 37.4 Å². The van der Waals surface area contributed by atoms with Crippen molar-refractivity contribution in [3.8, 4) is 0 Å². The van der Waals surface area contributed by atoms with Crippen molar-refractivity contribution in [3.63, 3.8) is 0 Å². The van der Waals surface area contributed by atoms with Crippen LogP contribution in [0, 0.1) is 11.7 Å². The van der Waals surface area contributed by atoms with Crippen molar-refractivity contribution in [1.29, 1.82) is 0 Å². The Kier molecular flexibility index (Phi) is 7.79. The van der Waals surface area contributed by atoms with Gasteiger partial charge in [-0.05, 0) is 30.0 Å². The van der Waals surface area contributed by atoms with E-state index in [1.807, 2.05) is 30.3 Å². The molecule has 0 saturated carbocycles. The molecule has 0 fully saturated rings. The molecule has 1 amide bonds. The molecule has 0 aliphatic heterocycles. The van der Waals surface area contributed by atoms with Gasteiger partial charge in [-0.3, -0.25) is 4.79 Å². The number of nitrogens with one attached hydrogen (secondary N) is 1. The molecule has 134 valence electrons. The summed E-state index contributed by atoms with van der Waals surface area (Å²) >= 11 is 7.37. The van der Waals surface area contributed by atoms with Gasteiger partial charge in [0.2, 0.25) is 5.91 Å². The number of benzene rings is 2. The van der Waals surface area contributed by atoms with Crippen molar-refractivity contribution in [1.82, 2.24) is 5.32 Å². The van der Waals surface area contributed by atoms with Gasteiger partial charge in [-0.1, -0.05) is 61.8 Å². The first-order valence-electron chi connectivity index (χ1n) is 8.32. The van der Waals surface area contributed by atoms with Gasteiger partial charge in [0.05, 0.1) is 11.8 Å². The van der Waals surface area contributed by atoms with Gasteiger partial charge in [0.1, 0.15) is 5.82 Å². The summed E-state index contributed by atoms with van der Waals surface area (Å²) < 4.78 is 13.8. The number of halogens is 2. The van der Waals surface area contributed by atoms with Crippen LogP contribution >= 0.6 is 23.4 Å². The first kappa shape index (κ1) is 19.8. The average molecular weight is 380 g/mol. The van der Waals surface area contributed by atoms with Gasteiger partial charge in [0.15, 0.2) is 0 Å². The highest BCUT2D eigenvalue weighted by molar-refractivity contribution is 7.99. The molecule has 0 unspecified atom stereocenters. The molecule has 0 aromatic heterocycles. The van der Waals surface area contributed by atoms with E-state index in [1.54, 1.807) is 12.1 Å². The second kappa shape index (κ2) is 9.83. The third-order valence-corrected chi connectivity index (χ3v) is 5.10. The minimum Gasteiger partial charge on any atom is -0.349 e. The first-order valence-corrected chi connectivity index (χ1v) is 9.85. The van der Waals surface area contributed by atoms with E-state index in [1.165, 1.54) is 17.8 Å². The molecule has 25 heavy (non-hydrogen) atoms. The van der Waals surface area contributed by atoms with E-state index < -0.39 is 0 Å². The molecular formula is C20H23ClFNOS. The zero-order chi connectivity index (χ0) is 18.2. The number of amides is 1. The van der Waals surface area contributed by atoms with E-state index in [4.69, 9.17) is 11.6 Å². The molecule has 0 aliphatic rings. The predicted octanol–water partition coefficient (Wildman–Crippen LogP) is 5.62. The van der Waals surface area contributed by atoms with Crippen LogP contribution in [-0.2, 0) is 10.5 Å². The SMILES string of the molecule is CC(C)C[C@H](NC(=O)CSCc1c(F)cccc1Cl)c1ccccc1. The fourth-order valence-corrected chi connectivity index (χ4v) is 3.76. The molecule has 0 aliphatic carbocycles. The summed E-state index contributed by atoms with van der Waals surface area (Å²) in [6, 6.07) is 14.6. The first-order chi connectivity index (χ1) is 12.0. The number of hydrogen-bond donors (Lipinski definition) is 1. The molecule has 2 nitrogen and oxygen atoms in total. The van der Waals surface area contributed by atoms with E-state index in [0.29, 0.717) is 22.3 Å². The third kappa shape index (κ3) is 6.37. The van der Waals surface area contributed by atoms with Crippen LogP contribution in [0.2, 0.25) is 5.02 Å². The lowest BCUT2D eigenvalue weighted by Crippen LogP contribution is -2.30. The van der Waals surface area contributed by atoms with Gasteiger partial charge in [-0.15, -0.1) is 11.8 Å². The van der Waals surface area contributed by atoms with E-state index in [0.717, 1.165) is 12.0 Å². The van der Waals surface area contributed by atoms with Crippen LogP contribution in [0.4, 0.5) is 4.39 Å². The number of thioether (sulfide) groups is 1. The van der Waals surface area contributed by atoms with Crippen molar-refractivity contribution in [2.75, 3.05) is 5.75 Å². The molecule has 0 heterocycles. The lowest BCUT2D eigenvalue weighted by Gasteiger charge is -2.21. The van der Waals surface area contributed by atoms with Crippen LogP contribution in [0.5, 0.6) is 0 Å². The molecule has 0 bridgehead atoms. The zero-order valence-corrected chi connectivity index (χ0v) is 16.0. The molecule has 1 N–H and O–H groups in total. The van der Waals surface area contributed by atoms with Gasteiger partial charge in [0.25, 0.3) is 0 Å². The Balaban J connectivity index is 1.91. The second-order valence-electron chi connectivity index (χ2n) is 6.35. The highest BCUT2D eigenvalue weighted by Gasteiger charge is 2.16. The maximum absolute atomic E-state index is 13.8. The topological polar surface area (TPSA) is 29.1 Å². The van der Waals surface area contributed by atoms with Crippen LogP contribution in [0.25, 0.3) is 0 Å². The Morgan fingerprint density at radius 3 is 2.52 bits per heavy atom. The van der Waals surface area contributed by atoms with Gasteiger partial charge in [-0.25, -0.2) is 4.39 Å². The Morgan fingerprint density at radius 2 is 1.88 bits per heavy atom. The van der Waals surface area contributed by atoms with Crippen molar-refractivity contribution in [2.24, 2.45) is 5.92 Å². The van der Waals surface area contributed by atoms with Gasteiger partial charge < -0.3 is 5.32 Å². The van der Waals surface area contributed by atoms with Crippen molar-refractivity contribution in [2.45, 2.75) is 32.1 Å². The van der Waals surface area contributed by atoms with Crippen LogP contribution in [0.3, 0.4) is 0 Å². The quantitative estimate of drug-likeness (QED) is 0.645. The monoisotopic (exact) mass is 379 g/mol. The molecule has 1 atom stereocenters. The molecule has 5 heteroatoms. The summed E-state index contributed by atoms with van der Waals surface area (Å²) in [6.07, 6.45) is 0.875. The summed E-state index contributed by atoms with van der Waals surface area (Å²) in [7, 11) is 0. The van der Waals surface area contributed by atoms with Crippen molar-refractivity contribution in [3.05, 3.63) is 70.5 Å². The Bertz CT molecular complexity index is 673. The number of rotatable bonds is 8. The summed E-state index contributed by atoms with van der Waals surface area (Å²) in [6.45, 7) is 4.27. The van der Waals surface area contributed by atoms with Crippen molar-refractivity contribution < 1.29 is 9.18 Å². The lowest BCUT2D eigenvalue weighted by atomic mass is 9.97. The standard InChI is InChI=1S/C20H23ClFNOS/c1-14(2)11-19(15-7-4-3-5-8-15)23-20(24)13-25-12-16-17(21)9-6-10-18(16)22/h3-10,14,19H,11-13H2,1-2H3,(H,23,24)/t19-/m0/s1. The minimum absolute atomic E-state index is 0.00801. The lowest BCUT2D eigenvalue weighted by molar-refractivity contribution is -0.119. The molecule has 2 aromatic carbocycles. The zero-order valence-electron chi connectivity index (χ0n) is 14.5. The smallest absolute Gasteiger partial charge is 0.230 e. The van der Waals surface area contributed by atoms with E-state index in [-0.39, 0.29) is 23.5 Å². The summed E-state index contributed by atoms with van der Waals surface area (Å²) in [5.41, 5.74) is 1.55. The summed E-state index contributed by atoms with van der Waals surface area (Å²) in [5.74, 6) is 0.732. The van der Waals surface area contributed by atoms with Gasteiger partial charge >= 0.3 is 0 Å². The highest BCUT2D eigenvalue weighted by Crippen LogP contribution is 2.25. The molecule has 0 spiro atoms. The maximum Gasteiger partial charge on any atom is 0.230 e. The molecule has 0 saturated heterocycles. The van der Waals surface area contributed by atoms with Crippen LogP contribution in [-0.4, -0.2) is 11.7 Å². The Hall–Kier alpha value is -1.52. The fraction of sp³-hybridized carbons (Fsp3) is 0.350. The summed E-state index contributed by atoms with van der Waals surface area (Å²) in [4.78, 5) is 12.3. The van der Waals surface area contributed by atoms with E-state index in [9.17, 15) is 9.18 Å². The Morgan fingerprint density at radius 1 is 1.16 bits per heavy atom. The number of hydrogen-bond acceptors (Lipinski definition) is 2. The average Bonchev–Trinajstić information content (AvgIpc) is 2.57. The third-order valence-electron chi connectivity index (χ3n) is 3.79. The van der Waals surface area contributed by atoms with Gasteiger partial charge in [-0.2, -0.15) is 0 Å². The van der Waals surface area contributed by atoms with Crippen LogP contribution in [0.15, 0.2) is 48.5 Å². The predicted molar refractivity (Wildman–Crippen MR) is 104 cm³/mol. The largest absolute Gasteiger partial charge is 0.349 e. The maximum atomic E-state index is 13.8. The number of carbonyl (C=O) groups excluding carboxylic acids is 1. The van der Waals surface area contributed by atoms with E-state index >= 15 is 0 Å². The van der Waals surface area contributed by atoms with E-state index in [2.05, 4.69) is 19.2 Å². The summed E-state index contributed by atoms with van der Waals surface area (Å²) in [5, 5.41) is 3.49. The molecule has 2 rings (SSSR count). The normalized spacial score (nSPS) is 12.2. The Labute approximate surface area is 158 Å². The van der Waals surface area contributed by atoms with Crippen molar-refractivity contribution >= 4 is 29.3 Å². The van der Waals surface area contributed by atoms with Crippen LogP contribution < -0.4 is 5.32 Å². The number of carbonyl (C=O) groups is 1. The molecular weight excluding hydrogens is 357 g/mol.